The summed E-state index contributed by atoms with van der Waals surface area (Å²) in [5.41, 5.74) is -2.26. The number of carbonyl (C=O) groups excluding carboxylic acids is 1. The maximum atomic E-state index is 11.1. The molecular weight excluding hydrogens is 608 g/mol. The van der Waals surface area contributed by atoms with E-state index in [-0.39, 0.29) is 10.0 Å². The first-order chi connectivity index (χ1) is 14.0. The number of halogens is 3. The number of phenolic OH excluding ortho intramolecular Hbond substituents is 2. The topological polar surface area (TPSA) is 190 Å². The van der Waals surface area contributed by atoms with Gasteiger partial charge in [-0.2, -0.15) is 0 Å². The van der Waals surface area contributed by atoms with Gasteiger partial charge < -0.3 is 20.1 Å². The molecule has 0 amide bonds. The number of carboxylic acid groups (broad SMARTS) is 1. The summed E-state index contributed by atoms with van der Waals surface area (Å²) < 4.78 is 4.49. The largest absolute Gasteiger partial charge is 0.502 e. The van der Waals surface area contributed by atoms with Gasteiger partial charge in [-0.05, 0) is 40.2 Å². The van der Waals surface area contributed by atoms with Crippen LogP contribution in [0.25, 0.3) is 0 Å². The average molecular weight is 619 g/mol. The second-order valence-electron chi connectivity index (χ2n) is 4.78. The number of benzene rings is 2. The smallest absolute Gasteiger partial charge is 0.345 e. The van der Waals surface area contributed by atoms with Crippen LogP contribution in [0.4, 0.5) is 11.4 Å². The highest BCUT2D eigenvalue weighted by molar-refractivity contribution is 9.93. The van der Waals surface area contributed by atoms with Gasteiger partial charge in [-0.25, -0.2) is 9.59 Å². The Morgan fingerprint density at radius 3 is 1.90 bits per heavy atom. The molecule has 3 N–H and O–H groups in total. The van der Waals surface area contributed by atoms with E-state index in [0.717, 1.165) is 19.2 Å². The van der Waals surface area contributed by atoms with Crippen molar-refractivity contribution in [2.24, 2.45) is 0 Å². The number of hydrogen-bond acceptors (Lipinski definition) is 9. The Morgan fingerprint density at radius 2 is 1.50 bits per heavy atom. The second-order valence-corrected chi connectivity index (χ2v) is 5.63. The molecule has 15 heteroatoms. The molecule has 2 aromatic rings. The molecule has 12 nitrogen and oxygen atoms in total. The van der Waals surface area contributed by atoms with Gasteiger partial charge in [0.1, 0.15) is 11.1 Å². The van der Waals surface area contributed by atoms with Crippen LogP contribution in [0.3, 0.4) is 0 Å². The fourth-order valence-electron chi connectivity index (χ4n) is 1.91. The number of phenols is 2. The molecule has 0 aromatic heterocycles. The lowest BCUT2D eigenvalue weighted by molar-refractivity contribution is -0.386. The Bertz CT molecular complexity index is 968. The number of aromatic hydroxyl groups is 2. The SMILES string of the molecule is BrBr.COC(=O)c1ccc(Br)c(O)c1[N+](=O)[O-].O=C(O)c1cccc(O)c1[N+](=O)[O-]. The first kappa shape index (κ1) is 27.2. The third-order valence-electron chi connectivity index (χ3n) is 3.12. The Labute approximate surface area is 191 Å². The number of carboxylic acids is 1. The molecule has 0 saturated heterocycles. The van der Waals surface area contributed by atoms with Gasteiger partial charge >= 0.3 is 23.3 Å². The Balaban J connectivity index is 0.000000522. The number of nitrogens with zero attached hydrogens (tertiary/aromatic N) is 2. The van der Waals surface area contributed by atoms with E-state index in [1.807, 2.05) is 0 Å². The lowest BCUT2D eigenvalue weighted by Crippen LogP contribution is -2.05. The quantitative estimate of drug-likeness (QED) is 0.249. The van der Waals surface area contributed by atoms with Gasteiger partial charge in [-0.3, -0.25) is 20.2 Å². The predicted molar refractivity (Wildman–Crippen MR) is 113 cm³/mol. The van der Waals surface area contributed by atoms with Crippen molar-refractivity contribution in [1.29, 1.82) is 0 Å². The predicted octanol–water partition coefficient (Wildman–Crippen LogP) is 4.54. The molecule has 162 valence electrons. The summed E-state index contributed by atoms with van der Waals surface area (Å²) in [6.07, 6.45) is 0. The van der Waals surface area contributed by atoms with Crippen LogP contribution in [-0.4, -0.2) is 44.2 Å². The number of esters is 1. The minimum Gasteiger partial charge on any atom is -0.502 e. The summed E-state index contributed by atoms with van der Waals surface area (Å²) in [7, 11) is 1.10. The number of carbonyl (C=O) groups is 2. The van der Waals surface area contributed by atoms with Crippen LogP contribution < -0.4 is 0 Å². The number of rotatable bonds is 4. The summed E-state index contributed by atoms with van der Waals surface area (Å²) in [4.78, 5) is 40.8. The van der Waals surface area contributed by atoms with Gasteiger partial charge in [0.15, 0.2) is 5.75 Å². The summed E-state index contributed by atoms with van der Waals surface area (Å²) in [6, 6.07) is 5.87. The van der Waals surface area contributed by atoms with Crippen LogP contribution in [0.5, 0.6) is 11.5 Å². The van der Waals surface area contributed by atoms with Gasteiger partial charge in [-0.1, -0.05) is 6.07 Å². The zero-order valence-corrected chi connectivity index (χ0v) is 19.4. The third kappa shape index (κ3) is 6.93. The van der Waals surface area contributed by atoms with Crippen LogP contribution >= 0.6 is 44.2 Å². The van der Waals surface area contributed by atoms with Crippen LogP contribution in [0, 0.1) is 20.2 Å². The van der Waals surface area contributed by atoms with Crippen molar-refractivity contribution in [3.05, 3.63) is 66.2 Å². The third-order valence-corrected chi connectivity index (χ3v) is 3.76. The fourth-order valence-corrected chi connectivity index (χ4v) is 2.23. The maximum Gasteiger partial charge on any atom is 0.345 e. The van der Waals surface area contributed by atoms with Crippen molar-refractivity contribution in [3.8, 4) is 11.5 Å². The van der Waals surface area contributed by atoms with E-state index < -0.39 is 50.2 Å². The zero-order chi connectivity index (χ0) is 23.6. The summed E-state index contributed by atoms with van der Waals surface area (Å²) in [5.74, 6) is -3.56. The highest BCUT2D eigenvalue weighted by atomic mass is 80.9. The average Bonchev–Trinajstić information content (AvgIpc) is 2.70. The molecule has 0 bridgehead atoms. The lowest BCUT2D eigenvalue weighted by atomic mass is 10.1. The maximum absolute atomic E-state index is 11.1. The zero-order valence-electron chi connectivity index (χ0n) is 14.6. The summed E-state index contributed by atoms with van der Waals surface area (Å²) in [6.45, 7) is 0. The number of hydrogen-bond donors (Lipinski definition) is 3. The summed E-state index contributed by atoms with van der Waals surface area (Å²) >= 11 is 8.41. The van der Waals surface area contributed by atoms with E-state index in [1.54, 1.807) is 0 Å². The molecule has 0 radical (unpaired) electrons. The van der Waals surface area contributed by atoms with E-state index in [4.69, 9.17) is 10.2 Å². The van der Waals surface area contributed by atoms with Crippen molar-refractivity contribution in [2.45, 2.75) is 0 Å². The standard InChI is InChI=1S/C8H6BrNO5.C7H5NO5.Br2/c1-15-8(12)4-2-3-5(9)7(11)6(4)10(13)14;9-5-3-1-2-4(7(10)11)6(5)8(12)13;1-2/h2-3,11H,1H3;1-3,9H,(H,10,11);. The van der Waals surface area contributed by atoms with Crippen LogP contribution in [-0.2, 0) is 4.74 Å². The monoisotopic (exact) mass is 616 g/mol. The van der Waals surface area contributed by atoms with Crippen LogP contribution in [0.15, 0.2) is 34.8 Å². The number of nitro groups is 2. The lowest BCUT2D eigenvalue weighted by Gasteiger charge is -2.03. The molecule has 0 unspecified atom stereocenters. The molecule has 0 aliphatic carbocycles. The van der Waals surface area contributed by atoms with E-state index in [9.17, 15) is 34.9 Å². The van der Waals surface area contributed by atoms with Gasteiger partial charge in [0.2, 0.25) is 5.75 Å². The van der Waals surface area contributed by atoms with Crippen LogP contribution in [0.2, 0.25) is 0 Å². The molecule has 0 fully saturated rings. The van der Waals surface area contributed by atoms with Crippen molar-refractivity contribution in [2.75, 3.05) is 7.11 Å². The molecule has 0 spiro atoms. The Hall–Kier alpha value is -2.78. The normalized spacial score (nSPS) is 9.20. The minimum absolute atomic E-state index is 0.141. The second kappa shape index (κ2) is 12.7. The van der Waals surface area contributed by atoms with Gasteiger partial charge in [0.25, 0.3) is 0 Å². The minimum atomic E-state index is -1.44. The van der Waals surface area contributed by atoms with E-state index in [2.05, 4.69) is 48.9 Å². The first-order valence-corrected chi connectivity index (χ1v) is 11.6. The van der Waals surface area contributed by atoms with Gasteiger partial charge in [-0.15, -0.1) is 0 Å². The van der Waals surface area contributed by atoms with Crippen molar-refractivity contribution < 1.29 is 39.5 Å². The molecule has 2 rings (SSSR count). The van der Waals surface area contributed by atoms with Crippen molar-refractivity contribution in [3.63, 3.8) is 0 Å². The van der Waals surface area contributed by atoms with Crippen LogP contribution in [0.1, 0.15) is 20.7 Å². The fraction of sp³-hybridized carbons (Fsp3) is 0.0667. The Kier molecular flexibility index (Phi) is 11.5. The molecule has 0 aliphatic heterocycles. The number of aromatic carboxylic acids is 1. The molecule has 30 heavy (non-hydrogen) atoms. The molecule has 0 atom stereocenters. The highest BCUT2D eigenvalue weighted by Gasteiger charge is 2.27. The van der Waals surface area contributed by atoms with Crippen molar-refractivity contribution in [1.82, 2.24) is 0 Å². The number of methoxy groups -OCH3 is 1. The number of para-hydroxylation sites is 1. The molecule has 0 aliphatic rings. The van der Waals surface area contributed by atoms with Crippen molar-refractivity contribution >= 4 is 67.5 Å². The Morgan fingerprint density at radius 1 is 0.967 bits per heavy atom. The highest BCUT2D eigenvalue weighted by Crippen LogP contribution is 2.36. The van der Waals surface area contributed by atoms with Gasteiger partial charge in [0.05, 0.1) is 21.4 Å². The molecule has 2 aromatic carbocycles. The molecular formula is C15H11Br3N2O10. The number of ether oxygens (including phenoxy) is 1. The van der Waals surface area contributed by atoms with E-state index in [1.165, 1.54) is 18.2 Å². The first-order valence-electron chi connectivity index (χ1n) is 7.11. The van der Waals surface area contributed by atoms with E-state index in [0.29, 0.717) is 0 Å². The van der Waals surface area contributed by atoms with E-state index >= 15 is 0 Å². The molecule has 0 saturated carbocycles. The van der Waals surface area contributed by atoms with Gasteiger partial charge in [0, 0.05) is 28.3 Å². The summed E-state index contributed by atoms with van der Waals surface area (Å²) in [5, 5.41) is 47.9. The molecule has 0 heterocycles. The number of nitro benzene ring substituents is 2.